The first-order chi connectivity index (χ1) is 13.1. The lowest BCUT2D eigenvalue weighted by molar-refractivity contribution is 0.0904. The molecule has 7 nitrogen and oxygen atoms in total. The Morgan fingerprint density at radius 1 is 1.07 bits per heavy atom. The molecular weight excluding hydrogens is 366 g/mol. The highest BCUT2D eigenvalue weighted by Crippen LogP contribution is 2.15. The van der Waals surface area contributed by atoms with E-state index in [9.17, 15) is 9.59 Å². The number of ether oxygens (including phenoxy) is 1. The summed E-state index contributed by atoms with van der Waals surface area (Å²) in [7, 11) is 0. The molecule has 0 spiro atoms. The number of aryl methyl sites for hydroxylation is 1. The first-order valence-electron chi connectivity index (χ1n) is 8.25. The van der Waals surface area contributed by atoms with E-state index < -0.39 is 11.9 Å². The zero-order valence-electron chi connectivity index (χ0n) is 14.7. The predicted octanol–water partition coefficient (Wildman–Crippen LogP) is 3.37. The van der Waals surface area contributed by atoms with E-state index in [0.717, 1.165) is 10.4 Å². The molecule has 0 bridgehead atoms. The zero-order valence-corrected chi connectivity index (χ0v) is 15.5. The summed E-state index contributed by atoms with van der Waals surface area (Å²) in [4.78, 5) is 24.9. The summed E-state index contributed by atoms with van der Waals surface area (Å²) in [5, 5.41) is 4.63. The quantitative estimate of drug-likeness (QED) is 0.567. The summed E-state index contributed by atoms with van der Waals surface area (Å²) in [6.45, 7) is 2.57. The number of amides is 3. The van der Waals surface area contributed by atoms with E-state index in [1.807, 2.05) is 48.7 Å². The minimum atomic E-state index is -0.552. The van der Waals surface area contributed by atoms with Crippen molar-refractivity contribution in [3.05, 3.63) is 75.9 Å². The van der Waals surface area contributed by atoms with Crippen molar-refractivity contribution in [2.45, 2.75) is 20.1 Å². The number of rotatable bonds is 6. The van der Waals surface area contributed by atoms with Gasteiger partial charge in [-0.05, 0) is 48.2 Å². The maximum absolute atomic E-state index is 12.0. The number of hydrogen-bond acceptors (Lipinski definition) is 5. The van der Waals surface area contributed by atoms with Crippen LogP contribution < -0.4 is 20.9 Å². The summed E-state index contributed by atoms with van der Waals surface area (Å²) in [5.74, 6) is 0.736. The fourth-order valence-electron chi connectivity index (χ4n) is 2.21. The summed E-state index contributed by atoms with van der Waals surface area (Å²) in [6, 6.07) is 13.9. The molecule has 0 atom stereocenters. The first-order valence-corrected chi connectivity index (χ1v) is 9.13. The van der Waals surface area contributed by atoms with Gasteiger partial charge in [0, 0.05) is 4.88 Å². The number of furan rings is 1. The molecule has 3 rings (SSSR count). The van der Waals surface area contributed by atoms with Crippen LogP contribution in [0.25, 0.3) is 0 Å². The van der Waals surface area contributed by atoms with Crippen molar-refractivity contribution in [1.29, 1.82) is 0 Å². The molecule has 3 N–H and O–H groups in total. The van der Waals surface area contributed by atoms with Crippen LogP contribution in [0, 0.1) is 6.92 Å². The molecule has 0 aliphatic rings. The monoisotopic (exact) mass is 385 g/mol. The summed E-state index contributed by atoms with van der Waals surface area (Å²) >= 11 is 1.56. The molecular formula is C19H19N3O4S. The van der Waals surface area contributed by atoms with Gasteiger partial charge < -0.3 is 14.5 Å². The Balaban J connectivity index is 1.42. The fraction of sp³-hybridized carbons (Fsp3) is 0.158. The number of urea groups is 1. The third-order valence-corrected chi connectivity index (χ3v) is 4.70. The lowest BCUT2D eigenvalue weighted by Crippen LogP contribution is -2.46. The number of carbonyl (C=O) groups excluding carboxylic acids is 2. The third-order valence-electron chi connectivity index (χ3n) is 3.68. The SMILES string of the molecule is Cc1ccsc1CNC(=O)NNC(=O)c1ccc(COc2ccccc2)o1. The van der Waals surface area contributed by atoms with Crippen molar-refractivity contribution in [1.82, 2.24) is 16.2 Å². The molecule has 8 heteroatoms. The van der Waals surface area contributed by atoms with Crippen LogP contribution in [0.1, 0.15) is 26.8 Å². The van der Waals surface area contributed by atoms with Gasteiger partial charge in [0.15, 0.2) is 5.76 Å². The molecule has 0 aliphatic carbocycles. The number of hydrogen-bond donors (Lipinski definition) is 3. The standard InChI is InChI=1S/C19H19N3O4S/c1-13-9-10-27-17(13)11-20-19(24)22-21-18(23)16-8-7-15(26-16)12-25-14-5-3-2-4-6-14/h2-10H,11-12H2,1H3,(H,21,23)(H2,20,22,24). The van der Waals surface area contributed by atoms with Gasteiger partial charge in [-0.2, -0.15) is 0 Å². The van der Waals surface area contributed by atoms with Crippen molar-refractivity contribution >= 4 is 23.3 Å². The fourth-order valence-corrected chi connectivity index (χ4v) is 3.06. The van der Waals surface area contributed by atoms with E-state index in [-0.39, 0.29) is 12.4 Å². The van der Waals surface area contributed by atoms with Crippen molar-refractivity contribution in [2.75, 3.05) is 0 Å². The van der Waals surface area contributed by atoms with Gasteiger partial charge in [0.2, 0.25) is 0 Å². The lowest BCUT2D eigenvalue weighted by atomic mass is 10.3. The van der Waals surface area contributed by atoms with E-state index in [4.69, 9.17) is 9.15 Å². The second-order valence-corrected chi connectivity index (χ2v) is 6.66. The highest BCUT2D eigenvalue weighted by Gasteiger charge is 2.12. The van der Waals surface area contributed by atoms with Gasteiger partial charge in [0.25, 0.3) is 0 Å². The Kier molecular flexibility index (Phi) is 6.11. The van der Waals surface area contributed by atoms with E-state index in [0.29, 0.717) is 18.1 Å². The predicted molar refractivity (Wildman–Crippen MR) is 101 cm³/mol. The molecule has 2 heterocycles. The van der Waals surface area contributed by atoms with E-state index in [2.05, 4.69) is 16.2 Å². The second-order valence-electron chi connectivity index (χ2n) is 5.66. The number of hydrazine groups is 1. The molecule has 0 unspecified atom stereocenters. The molecule has 3 amide bonds. The molecule has 3 aromatic rings. The summed E-state index contributed by atoms with van der Waals surface area (Å²) < 4.78 is 11.0. The maximum Gasteiger partial charge on any atom is 0.333 e. The average molecular weight is 385 g/mol. The van der Waals surface area contributed by atoms with E-state index in [1.54, 1.807) is 17.4 Å². The Morgan fingerprint density at radius 3 is 2.63 bits per heavy atom. The summed E-state index contributed by atoms with van der Waals surface area (Å²) in [6.07, 6.45) is 0. The number of carbonyl (C=O) groups is 2. The molecule has 27 heavy (non-hydrogen) atoms. The van der Waals surface area contributed by atoms with Gasteiger partial charge in [-0.1, -0.05) is 18.2 Å². The van der Waals surface area contributed by atoms with Crippen LogP contribution in [-0.2, 0) is 13.2 Å². The average Bonchev–Trinajstić information content (AvgIpc) is 3.32. The summed E-state index contributed by atoms with van der Waals surface area (Å²) in [5.41, 5.74) is 5.71. The number of nitrogens with one attached hydrogen (secondary N) is 3. The third kappa shape index (κ3) is 5.35. The molecule has 0 saturated carbocycles. The first kappa shape index (κ1) is 18.5. The van der Waals surface area contributed by atoms with Crippen LogP contribution in [0.3, 0.4) is 0 Å². The topological polar surface area (TPSA) is 92.6 Å². The molecule has 0 radical (unpaired) electrons. The van der Waals surface area contributed by atoms with Crippen LogP contribution >= 0.6 is 11.3 Å². The number of benzene rings is 1. The Hall–Kier alpha value is -3.26. The zero-order chi connectivity index (χ0) is 19.1. The van der Waals surface area contributed by atoms with Gasteiger partial charge in [0.1, 0.15) is 18.1 Å². The van der Waals surface area contributed by atoms with Gasteiger partial charge >= 0.3 is 11.9 Å². The molecule has 140 valence electrons. The van der Waals surface area contributed by atoms with Crippen LogP contribution in [0.15, 0.2) is 58.3 Å². The number of para-hydroxylation sites is 1. The molecule has 0 fully saturated rings. The largest absolute Gasteiger partial charge is 0.486 e. The smallest absolute Gasteiger partial charge is 0.333 e. The van der Waals surface area contributed by atoms with Gasteiger partial charge in [-0.25, -0.2) is 10.2 Å². The molecule has 2 aromatic heterocycles. The number of thiophene rings is 1. The van der Waals surface area contributed by atoms with Crippen LogP contribution in [-0.4, -0.2) is 11.9 Å². The minimum Gasteiger partial charge on any atom is -0.486 e. The second kappa shape index (κ2) is 8.91. The maximum atomic E-state index is 12.0. The van der Waals surface area contributed by atoms with Crippen molar-refractivity contribution in [2.24, 2.45) is 0 Å². The molecule has 1 aromatic carbocycles. The van der Waals surface area contributed by atoms with Gasteiger partial charge in [-0.15, -0.1) is 11.3 Å². The molecule has 0 saturated heterocycles. The normalized spacial score (nSPS) is 10.3. The Bertz CT molecular complexity index is 905. The lowest BCUT2D eigenvalue weighted by Gasteiger charge is -2.08. The molecule has 0 aliphatic heterocycles. The van der Waals surface area contributed by atoms with Crippen molar-refractivity contribution in [3.63, 3.8) is 0 Å². The Morgan fingerprint density at radius 2 is 1.89 bits per heavy atom. The van der Waals surface area contributed by atoms with E-state index in [1.165, 1.54) is 6.07 Å². The van der Waals surface area contributed by atoms with Crippen LogP contribution in [0.4, 0.5) is 4.79 Å². The van der Waals surface area contributed by atoms with Gasteiger partial charge in [-0.3, -0.25) is 10.2 Å². The van der Waals surface area contributed by atoms with Crippen LogP contribution in [0.5, 0.6) is 5.75 Å². The van der Waals surface area contributed by atoms with Crippen molar-refractivity contribution < 1.29 is 18.7 Å². The highest BCUT2D eigenvalue weighted by molar-refractivity contribution is 7.10. The van der Waals surface area contributed by atoms with Crippen LogP contribution in [0.2, 0.25) is 0 Å². The highest BCUT2D eigenvalue weighted by atomic mass is 32.1. The van der Waals surface area contributed by atoms with Gasteiger partial charge in [0.05, 0.1) is 6.54 Å². The minimum absolute atomic E-state index is 0.0797. The van der Waals surface area contributed by atoms with Crippen molar-refractivity contribution in [3.8, 4) is 5.75 Å². The van der Waals surface area contributed by atoms with E-state index >= 15 is 0 Å². The Labute approximate surface area is 160 Å².